The van der Waals surface area contributed by atoms with E-state index < -0.39 is 4.92 Å². The molecular weight excluding hydrogens is 260 g/mol. The molecule has 2 unspecified atom stereocenters. The van der Waals surface area contributed by atoms with Gasteiger partial charge in [-0.25, -0.2) is 0 Å². The maximum absolute atomic E-state index is 10.8. The van der Waals surface area contributed by atoms with E-state index in [9.17, 15) is 10.1 Å². The molecule has 2 atom stereocenters. The molecule has 0 spiro atoms. The highest BCUT2D eigenvalue weighted by Crippen LogP contribution is 2.24. The molecule has 1 aromatic heterocycles. The van der Waals surface area contributed by atoms with Gasteiger partial charge in [-0.15, -0.1) is 0 Å². The normalized spacial score (nSPS) is 13.9. The topological polar surface area (TPSA) is 94.1 Å². The summed E-state index contributed by atoms with van der Waals surface area (Å²) < 4.78 is 5.23. The van der Waals surface area contributed by atoms with Crippen molar-refractivity contribution in [3.63, 3.8) is 0 Å². The Hall–Kier alpha value is -2.28. The van der Waals surface area contributed by atoms with Crippen LogP contribution in [0.1, 0.15) is 25.7 Å². The van der Waals surface area contributed by atoms with E-state index in [-0.39, 0.29) is 17.6 Å². The van der Waals surface area contributed by atoms with Gasteiger partial charge in [0.05, 0.1) is 10.8 Å². The fourth-order valence-corrected chi connectivity index (χ4v) is 1.76. The molecule has 0 amide bonds. The first kappa shape index (κ1) is 14.1. The standard InChI is InChI=1S/C13H16N4O3/c1-8(9(2)14-3)13-15-12(16-20-13)10-5-4-6-11(7-10)17(18)19/h4-9,14H,1-3H3. The zero-order valence-electron chi connectivity index (χ0n) is 11.5. The van der Waals surface area contributed by atoms with Crippen LogP contribution in [-0.2, 0) is 0 Å². The van der Waals surface area contributed by atoms with E-state index in [0.29, 0.717) is 17.3 Å². The number of nitrogens with zero attached hydrogens (tertiary/aromatic N) is 3. The number of rotatable bonds is 5. The smallest absolute Gasteiger partial charge is 0.270 e. The molecule has 0 radical (unpaired) electrons. The maximum Gasteiger partial charge on any atom is 0.270 e. The van der Waals surface area contributed by atoms with Crippen LogP contribution in [-0.4, -0.2) is 28.2 Å². The number of hydrogen-bond acceptors (Lipinski definition) is 6. The minimum absolute atomic E-state index is 0.00508. The van der Waals surface area contributed by atoms with Crippen molar-refractivity contribution in [2.75, 3.05) is 7.05 Å². The average molecular weight is 276 g/mol. The Morgan fingerprint density at radius 2 is 2.15 bits per heavy atom. The lowest BCUT2D eigenvalue weighted by Crippen LogP contribution is -2.27. The van der Waals surface area contributed by atoms with Crippen LogP contribution in [0.3, 0.4) is 0 Å². The Morgan fingerprint density at radius 3 is 2.80 bits per heavy atom. The molecule has 0 bridgehead atoms. The van der Waals surface area contributed by atoms with Gasteiger partial charge in [0.25, 0.3) is 5.69 Å². The van der Waals surface area contributed by atoms with Crippen LogP contribution in [0.4, 0.5) is 5.69 Å². The highest BCUT2D eigenvalue weighted by Gasteiger charge is 2.20. The van der Waals surface area contributed by atoms with Crippen molar-refractivity contribution in [2.24, 2.45) is 0 Å². The largest absolute Gasteiger partial charge is 0.339 e. The Labute approximate surface area is 116 Å². The Kier molecular flexibility index (Phi) is 4.09. The van der Waals surface area contributed by atoms with Crippen molar-refractivity contribution < 1.29 is 9.45 Å². The van der Waals surface area contributed by atoms with Crippen LogP contribution in [0.15, 0.2) is 28.8 Å². The lowest BCUT2D eigenvalue weighted by atomic mass is 10.0. The lowest BCUT2D eigenvalue weighted by Gasteiger charge is -2.14. The summed E-state index contributed by atoms with van der Waals surface area (Å²) >= 11 is 0. The number of likely N-dealkylation sites (N-methyl/N-ethyl adjacent to an activating group) is 1. The van der Waals surface area contributed by atoms with Gasteiger partial charge in [0.1, 0.15) is 0 Å². The molecule has 1 heterocycles. The van der Waals surface area contributed by atoms with Crippen molar-refractivity contribution in [1.29, 1.82) is 0 Å². The molecule has 1 aromatic carbocycles. The van der Waals surface area contributed by atoms with Gasteiger partial charge in [0.2, 0.25) is 11.7 Å². The molecule has 0 saturated heterocycles. The van der Waals surface area contributed by atoms with Crippen molar-refractivity contribution in [3.8, 4) is 11.4 Å². The third kappa shape index (κ3) is 2.83. The van der Waals surface area contributed by atoms with Crippen LogP contribution in [0.2, 0.25) is 0 Å². The highest BCUT2D eigenvalue weighted by molar-refractivity contribution is 5.58. The van der Waals surface area contributed by atoms with Crippen LogP contribution >= 0.6 is 0 Å². The molecule has 0 saturated carbocycles. The first-order valence-corrected chi connectivity index (χ1v) is 6.28. The Bertz CT molecular complexity index is 611. The second-order valence-corrected chi connectivity index (χ2v) is 4.63. The van der Waals surface area contributed by atoms with Gasteiger partial charge >= 0.3 is 0 Å². The summed E-state index contributed by atoms with van der Waals surface area (Å²) in [6.45, 7) is 3.99. The van der Waals surface area contributed by atoms with Crippen molar-refractivity contribution >= 4 is 5.69 Å². The molecule has 0 aliphatic rings. The minimum atomic E-state index is -0.448. The van der Waals surface area contributed by atoms with E-state index in [1.807, 2.05) is 20.9 Å². The molecule has 0 fully saturated rings. The summed E-state index contributed by atoms with van der Waals surface area (Å²) in [6, 6.07) is 6.36. The molecule has 0 aliphatic carbocycles. The number of nitrogens with one attached hydrogen (secondary N) is 1. The van der Waals surface area contributed by atoms with E-state index in [1.165, 1.54) is 12.1 Å². The summed E-state index contributed by atoms with van der Waals surface area (Å²) in [7, 11) is 1.86. The van der Waals surface area contributed by atoms with Crippen LogP contribution in [0, 0.1) is 10.1 Å². The van der Waals surface area contributed by atoms with E-state index in [4.69, 9.17) is 4.52 Å². The number of nitro groups is 1. The van der Waals surface area contributed by atoms with E-state index >= 15 is 0 Å². The monoisotopic (exact) mass is 276 g/mol. The van der Waals surface area contributed by atoms with E-state index in [2.05, 4.69) is 15.5 Å². The SMILES string of the molecule is CNC(C)C(C)c1nc(-c2cccc([N+](=O)[O-])c2)no1. The van der Waals surface area contributed by atoms with Crippen LogP contribution in [0.5, 0.6) is 0 Å². The Balaban J connectivity index is 2.29. The number of hydrogen-bond donors (Lipinski definition) is 1. The summed E-state index contributed by atoms with van der Waals surface area (Å²) in [4.78, 5) is 14.6. The van der Waals surface area contributed by atoms with E-state index in [1.54, 1.807) is 12.1 Å². The second-order valence-electron chi connectivity index (χ2n) is 4.63. The molecule has 2 rings (SSSR count). The minimum Gasteiger partial charge on any atom is -0.339 e. The lowest BCUT2D eigenvalue weighted by molar-refractivity contribution is -0.384. The van der Waals surface area contributed by atoms with Gasteiger partial charge in [-0.05, 0) is 14.0 Å². The van der Waals surface area contributed by atoms with Gasteiger partial charge in [-0.3, -0.25) is 10.1 Å². The quantitative estimate of drug-likeness (QED) is 0.665. The zero-order valence-corrected chi connectivity index (χ0v) is 11.5. The van der Waals surface area contributed by atoms with Gasteiger partial charge in [-0.1, -0.05) is 24.2 Å². The van der Waals surface area contributed by atoms with Crippen LogP contribution in [0.25, 0.3) is 11.4 Å². The third-order valence-electron chi connectivity index (χ3n) is 3.35. The molecule has 0 aliphatic heterocycles. The first-order valence-electron chi connectivity index (χ1n) is 6.28. The van der Waals surface area contributed by atoms with Gasteiger partial charge in [0.15, 0.2) is 0 Å². The molecule has 7 nitrogen and oxygen atoms in total. The molecule has 20 heavy (non-hydrogen) atoms. The zero-order chi connectivity index (χ0) is 14.7. The molecule has 106 valence electrons. The number of nitro benzene ring substituents is 1. The number of non-ortho nitro benzene ring substituents is 1. The summed E-state index contributed by atoms with van der Waals surface area (Å²) in [5.41, 5.74) is 0.573. The summed E-state index contributed by atoms with van der Waals surface area (Å²) in [5, 5.41) is 17.8. The van der Waals surface area contributed by atoms with Crippen LogP contribution < -0.4 is 5.32 Å². The first-order chi connectivity index (χ1) is 9.52. The predicted molar refractivity (Wildman–Crippen MR) is 73.3 cm³/mol. The molecule has 1 N–H and O–H groups in total. The fraction of sp³-hybridized carbons (Fsp3) is 0.385. The Morgan fingerprint density at radius 1 is 1.40 bits per heavy atom. The average Bonchev–Trinajstić information content (AvgIpc) is 2.95. The van der Waals surface area contributed by atoms with Crippen molar-refractivity contribution in [3.05, 3.63) is 40.3 Å². The maximum atomic E-state index is 10.8. The van der Waals surface area contributed by atoms with Gasteiger partial charge in [-0.2, -0.15) is 4.98 Å². The number of aromatic nitrogens is 2. The van der Waals surface area contributed by atoms with Gasteiger partial charge in [0, 0.05) is 23.7 Å². The van der Waals surface area contributed by atoms with Crippen molar-refractivity contribution in [2.45, 2.75) is 25.8 Å². The summed E-state index contributed by atoms with van der Waals surface area (Å²) in [6.07, 6.45) is 0. The number of benzene rings is 1. The highest BCUT2D eigenvalue weighted by atomic mass is 16.6. The molecule has 2 aromatic rings. The predicted octanol–water partition coefficient (Wildman–Crippen LogP) is 2.36. The van der Waals surface area contributed by atoms with Gasteiger partial charge < -0.3 is 9.84 Å². The second kappa shape index (κ2) is 5.79. The summed E-state index contributed by atoms with van der Waals surface area (Å²) in [5.74, 6) is 0.923. The molecule has 7 heteroatoms. The third-order valence-corrected chi connectivity index (χ3v) is 3.35. The van der Waals surface area contributed by atoms with Crippen molar-refractivity contribution in [1.82, 2.24) is 15.5 Å². The fourth-order valence-electron chi connectivity index (χ4n) is 1.76. The van der Waals surface area contributed by atoms with E-state index in [0.717, 1.165) is 0 Å². The molecular formula is C13H16N4O3.